The molecule has 12 heavy (non-hydrogen) atoms. The molecule has 1 aliphatic rings. The Bertz CT molecular complexity index is 201. The van der Waals surface area contributed by atoms with Gasteiger partial charge in [0.05, 0.1) is 5.54 Å². The van der Waals surface area contributed by atoms with Gasteiger partial charge in [0.1, 0.15) is 0 Å². The monoisotopic (exact) mass is 170 g/mol. The molecule has 0 aromatic carbocycles. The van der Waals surface area contributed by atoms with Gasteiger partial charge in [-0.3, -0.25) is 4.79 Å². The van der Waals surface area contributed by atoms with Crippen LogP contribution in [0.15, 0.2) is 0 Å². The molecule has 0 aromatic rings. The van der Waals surface area contributed by atoms with Gasteiger partial charge in [-0.1, -0.05) is 20.3 Å². The molecule has 0 radical (unpaired) electrons. The summed E-state index contributed by atoms with van der Waals surface area (Å²) in [6.45, 7) is 4.27. The molecule has 1 atom stereocenters. The first kappa shape index (κ1) is 9.52. The molecule has 0 aliphatic heterocycles. The van der Waals surface area contributed by atoms with Gasteiger partial charge in [0.25, 0.3) is 0 Å². The Labute approximate surface area is 73.5 Å². The van der Waals surface area contributed by atoms with Gasteiger partial charge in [0.2, 0.25) is 5.91 Å². The molecule has 4 N–H and O–H groups in total. The van der Waals surface area contributed by atoms with Gasteiger partial charge in [0, 0.05) is 0 Å². The summed E-state index contributed by atoms with van der Waals surface area (Å²) in [5.41, 5.74) is 10.6. The molecular weight excluding hydrogens is 152 g/mol. The lowest BCUT2D eigenvalue weighted by Crippen LogP contribution is -2.56. The second-order valence-corrected chi connectivity index (χ2v) is 4.71. The number of nitrogens with two attached hydrogens (primary N) is 2. The minimum atomic E-state index is -0.748. The number of hydrogen-bond acceptors (Lipinski definition) is 2. The summed E-state index contributed by atoms with van der Waals surface area (Å²) in [4.78, 5) is 11.1. The zero-order valence-corrected chi connectivity index (χ0v) is 7.89. The molecule has 0 unspecified atom stereocenters. The Hall–Kier alpha value is -0.570. The molecule has 3 heteroatoms. The second-order valence-electron chi connectivity index (χ2n) is 4.71. The van der Waals surface area contributed by atoms with E-state index in [4.69, 9.17) is 11.5 Å². The SMILES string of the molecule is CC1(C)CCC[C@](N)(C(N)=O)C1. The summed E-state index contributed by atoms with van der Waals surface area (Å²) in [6.07, 6.45) is 3.60. The van der Waals surface area contributed by atoms with E-state index in [2.05, 4.69) is 13.8 Å². The van der Waals surface area contributed by atoms with Crippen molar-refractivity contribution in [3.63, 3.8) is 0 Å². The predicted octanol–water partition coefficient (Wildman–Crippen LogP) is 0.769. The first-order valence-corrected chi connectivity index (χ1v) is 4.45. The van der Waals surface area contributed by atoms with Crippen LogP contribution in [-0.4, -0.2) is 11.4 Å². The summed E-state index contributed by atoms with van der Waals surface area (Å²) in [5, 5.41) is 0. The first-order valence-electron chi connectivity index (χ1n) is 4.45. The van der Waals surface area contributed by atoms with E-state index in [9.17, 15) is 4.79 Å². The van der Waals surface area contributed by atoms with E-state index in [1.807, 2.05) is 0 Å². The number of amides is 1. The summed E-state index contributed by atoms with van der Waals surface area (Å²) in [5.74, 6) is -0.352. The van der Waals surface area contributed by atoms with Crippen molar-refractivity contribution < 1.29 is 4.79 Å². The van der Waals surface area contributed by atoms with Crippen molar-refractivity contribution in [3.05, 3.63) is 0 Å². The normalized spacial score (nSPS) is 34.6. The van der Waals surface area contributed by atoms with E-state index in [1.54, 1.807) is 0 Å². The number of carbonyl (C=O) groups excluding carboxylic acids is 1. The average molecular weight is 170 g/mol. The highest BCUT2D eigenvalue weighted by Gasteiger charge is 2.41. The fourth-order valence-electron chi connectivity index (χ4n) is 2.12. The average Bonchev–Trinajstić information content (AvgIpc) is 1.83. The Morgan fingerprint density at radius 2 is 1.92 bits per heavy atom. The number of carbonyl (C=O) groups is 1. The maximum atomic E-state index is 11.1. The Morgan fingerprint density at radius 1 is 1.33 bits per heavy atom. The van der Waals surface area contributed by atoms with Crippen molar-refractivity contribution in [1.29, 1.82) is 0 Å². The van der Waals surface area contributed by atoms with Crippen LogP contribution in [0.5, 0.6) is 0 Å². The molecule has 1 fully saturated rings. The first-order chi connectivity index (χ1) is 5.36. The molecule has 1 saturated carbocycles. The smallest absolute Gasteiger partial charge is 0.237 e. The van der Waals surface area contributed by atoms with Crippen LogP contribution in [0, 0.1) is 5.41 Å². The summed E-state index contributed by atoms with van der Waals surface area (Å²) < 4.78 is 0. The minimum absolute atomic E-state index is 0.169. The van der Waals surface area contributed by atoms with E-state index in [0.717, 1.165) is 25.7 Å². The van der Waals surface area contributed by atoms with Crippen LogP contribution in [0.4, 0.5) is 0 Å². The van der Waals surface area contributed by atoms with Crippen molar-refractivity contribution >= 4 is 5.91 Å². The highest BCUT2D eigenvalue weighted by molar-refractivity contribution is 5.84. The molecule has 3 nitrogen and oxygen atoms in total. The van der Waals surface area contributed by atoms with Crippen molar-refractivity contribution in [3.8, 4) is 0 Å². The van der Waals surface area contributed by atoms with Gasteiger partial charge in [-0.15, -0.1) is 0 Å². The molecule has 1 aliphatic carbocycles. The van der Waals surface area contributed by atoms with Gasteiger partial charge < -0.3 is 11.5 Å². The number of primary amides is 1. The maximum absolute atomic E-state index is 11.1. The van der Waals surface area contributed by atoms with Gasteiger partial charge in [0.15, 0.2) is 0 Å². The van der Waals surface area contributed by atoms with Crippen molar-refractivity contribution in [2.75, 3.05) is 0 Å². The lowest BCUT2D eigenvalue weighted by atomic mass is 9.68. The van der Waals surface area contributed by atoms with Crippen LogP contribution in [0.25, 0.3) is 0 Å². The highest BCUT2D eigenvalue weighted by atomic mass is 16.1. The third-order valence-electron chi connectivity index (χ3n) is 2.76. The topological polar surface area (TPSA) is 69.1 Å². The molecule has 1 amide bonds. The van der Waals surface area contributed by atoms with Gasteiger partial charge >= 0.3 is 0 Å². The molecule has 0 bridgehead atoms. The van der Waals surface area contributed by atoms with Crippen LogP contribution in [-0.2, 0) is 4.79 Å². The van der Waals surface area contributed by atoms with E-state index in [0.29, 0.717) is 0 Å². The van der Waals surface area contributed by atoms with E-state index >= 15 is 0 Å². The Kier molecular flexibility index (Phi) is 2.17. The van der Waals surface area contributed by atoms with E-state index in [1.165, 1.54) is 0 Å². The van der Waals surface area contributed by atoms with Crippen molar-refractivity contribution in [2.45, 2.75) is 45.1 Å². The molecule has 70 valence electrons. The third kappa shape index (κ3) is 1.78. The van der Waals surface area contributed by atoms with Gasteiger partial charge in [-0.25, -0.2) is 0 Å². The fraction of sp³-hybridized carbons (Fsp3) is 0.889. The van der Waals surface area contributed by atoms with E-state index in [-0.39, 0.29) is 11.3 Å². The largest absolute Gasteiger partial charge is 0.368 e. The van der Waals surface area contributed by atoms with Crippen molar-refractivity contribution in [1.82, 2.24) is 0 Å². The lowest BCUT2D eigenvalue weighted by Gasteiger charge is -2.40. The molecule has 0 spiro atoms. The van der Waals surface area contributed by atoms with Crippen LogP contribution in [0.3, 0.4) is 0 Å². The Balaban J connectivity index is 2.74. The van der Waals surface area contributed by atoms with Crippen LogP contribution in [0.2, 0.25) is 0 Å². The standard InChI is InChI=1S/C9H18N2O/c1-8(2)4-3-5-9(11,6-8)7(10)12/h3-6,11H2,1-2H3,(H2,10,12)/t9-/m1/s1. The Morgan fingerprint density at radius 3 is 2.25 bits per heavy atom. The molecule has 1 rings (SSSR count). The summed E-state index contributed by atoms with van der Waals surface area (Å²) in [7, 11) is 0. The molecule has 0 saturated heterocycles. The van der Waals surface area contributed by atoms with Crippen molar-refractivity contribution in [2.24, 2.45) is 16.9 Å². The predicted molar refractivity (Wildman–Crippen MR) is 48.4 cm³/mol. The second kappa shape index (κ2) is 2.73. The van der Waals surface area contributed by atoms with Crippen LogP contribution < -0.4 is 11.5 Å². The van der Waals surface area contributed by atoms with E-state index < -0.39 is 5.54 Å². The third-order valence-corrected chi connectivity index (χ3v) is 2.76. The molecule has 0 aromatic heterocycles. The summed E-state index contributed by atoms with van der Waals surface area (Å²) in [6, 6.07) is 0. The fourth-order valence-corrected chi connectivity index (χ4v) is 2.12. The van der Waals surface area contributed by atoms with Crippen LogP contribution in [0.1, 0.15) is 39.5 Å². The van der Waals surface area contributed by atoms with Crippen LogP contribution >= 0.6 is 0 Å². The number of hydrogen-bond donors (Lipinski definition) is 2. The highest BCUT2D eigenvalue weighted by Crippen LogP contribution is 2.39. The number of rotatable bonds is 1. The quantitative estimate of drug-likeness (QED) is 0.610. The lowest BCUT2D eigenvalue weighted by molar-refractivity contribution is -0.125. The zero-order chi connectivity index (χ0) is 9.41. The molecular formula is C9H18N2O. The molecule has 0 heterocycles. The minimum Gasteiger partial charge on any atom is -0.368 e. The zero-order valence-electron chi connectivity index (χ0n) is 7.89. The van der Waals surface area contributed by atoms with Gasteiger partial charge in [-0.2, -0.15) is 0 Å². The van der Waals surface area contributed by atoms with Gasteiger partial charge in [-0.05, 0) is 24.7 Å². The summed E-state index contributed by atoms with van der Waals surface area (Å²) >= 11 is 0. The maximum Gasteiger partial charge on any atom is 0.237 e.